The smallest absolute Gasteiger partial charge is 0.337 e. The highest BCUT2D eigenvalue weighted by atomic mass is 32.2. The molecule has 0 aliphatic heterocycles. The highest BCUT2D eigenvalue weighted by Gasteiger charge is 2.13. The highest BCUT2D eigenvalue weighted by Crippen LogP contribution is 2.19. The molecule has 0 fully saturated rings. The molecule has 1 aromatic heterocycles. The summed E-state index contributed by atoms with van der Waals surface area (Å²) in [6.07, 6.45) is 0. The lowest BCUT2D eigenvalue weighted by atomic mass is 10.2. The van der Waals surface area contributed by atoms with E-state index in [1.807, 2.05) is 6.07 Å². The number of thioether (sulfide) groups is 1. The third-order valence-electron chi connectivity index (χ3n) is 4.27. The number of hydrogen-bond acceptors (Lipinski definition) is 7. The predicted octanol–water partition coefficient (Wildman–Crippen LogP) is 2.56. The van der Waals surface area contributed by atoms with Crippen molar-refractivity contribution in [2.75, 3.05) is 31.9 Å². The molecule has 1 heterocycles. The number of carbonyl (C=O) groups is 2. The van der Waals surface area contributed by atoms with Gasteiger partial charge in [0, 0.05) is 12.8 Å². The molecule has 3 rings (SSSR count). The van der Waals surface area contributed by atoms with Crippen LogP contribution in [0.25, 0.3) is 10.9 Å². The minimum absolute atomic E-state index is 0.0660. The summed E-state index contributed by atoms with van der Waals surface area (Å²) in [5.74, 6) is -0.636. The quantitative estimate of drug-likeness (QED) is 0.335. The van der Waals surface area contributed by atoms with Gasteiger partial charge in [-0.25, -0.2) is 9.78 Å². The first kappa shape index (κ1) is 21.5. The summed E-state index contributed by atoms with van der Waals surface area (Å²) in [5, 5.41) is 3.73. The van der Waals surface area contributed by atoms with Crippen molar-refractivity contribution in [2.45, 2.75) is 11.7 Å². The van der Waals surface area contributed by atoms with E-state index >= 15 is 0 Å². The molecule has 1 amide bonds. The highest BCUT2D eigenvalue weighted by molar-refractivity contribution is 7.99. The fourth-order valence-electron chi connectivity index (χ4n) is 2.77. The Bertz CT molecular complexity index is 1110. The van der Waals surface area contributed by atoms with Crippen LogP contribution in [0.2, 0.25) is 0 Å². The zero-order chi connectivity index (χ0) is 21.5. The van der Waals surface area contributed by atoms with Gasteiger partial charge in [0.05, 0.1) is 42.5 Å². The topological polar surface area (TPSA) is 99.5 Å². The summed E-state index contributed by atoms with van der Waals surface area (Å²) in [5.41, 5.74) is 1.36. The molecular weight excluding hydrogens is 406 g/mol. The Hall–Kier alpha value is -3.17. The molecule has 1 N–H and O–H groups in total. The fourth-order valence-corrected chi connectivity index (χ4v) is 3.60. The van der Waals surface area contributed by atoms with Crippen LogP contribution in [-0.2, 0) is 20.8 Å². The first-order valence-corrected chi connectivity index (χ1v) is 10.1. The molecule has 0 radical (unpaired) electrons. The van der Waals surface area contributed by atoms with Gasteiger partial charge in [-0.2, -0.15) is 0 Å². The molecule has 2 aromatic carbocycles. The summed E-state index contributed by atoms with van der Waals surface area (Å²) in [4.78, 5) is 41.2. The minimum Gasteiger partial charge on any atom is -0.465 e. The van der Waals surface area contributed by atoms with Crippen molar-refractivity contribution < 1.29 is 19.1 Å². The van der Waals surface area contributed by atoms with E-state index in [0.29, 0.717) is 40.5 Å². The number of esters is 1. The van der Waals surface area contributed by atoms with Gasteiger partial charge in [0.1, 0.15) is 0 Å². The van der Waals surface area contributed by atoms with Crippen LogP contribution in [0.5, 0.6) is 0 Å². The second-order valence-corrected chi connectivity index (χ2v) is 7.21. The maximum Gasteiger partial charge on any atom is 0.337 e. The Balaban J connectivity index is 1.73. The SMILES string of the molecule is COCCn1c(SCC(=O)Nc2ccc(C(=O)OC)cc2)nc2ccccc2c1=O. The summed E-state index contributed by atoms with van der Waals surface area (Å²) < 4.78 is 11.3. The van der Waals surface area contributed by atoms with Gasteiger partial charge in [-0.05, 0) is 36.4 Å². The van der Waals surface area contributed by atoms with Crippen molar-refractivity contribution in [3.8, 4) is 0 Å². The summed E-state index contributed by atoms with van der Waals surface area (Å²) >= 11 is 1.18. The molecule has 0 saturated heterocycles. The molecular formula is C21H21N3O5S. The molecule has 0 saturated carbocycles. The van der Waals surface area contributed by atoms with E-state index in [-0.39, 0.29) is 17.2 Å². The second kappa shape index (κ2) is 10.0. The van der Waals surface area contributed by atoms with Gasteiger partial charge >= 0.3 is 5.97 Å². The number of ether oxygens (including phenoxy) is 2. The average Bonchev–Trinajstić information content (AvgIpc) is 2.77. The van der Waals surface area contributed by atoms with Crippen LogP contribution < -0.4 is 10.9 Å². The zero-order valence-electron chi connectivity index (χ0n) is 16.6. The van der Waals surface area contributed by atoms with E-state index in [0.717, 1.165) is 0 Å². The van der Waals surface area contributed by atoms with Crippen LogP contribution in [-0.4, -0.2) is 48.0 Å². The van der Waals surface area contributed by atoms with E-state index in [9.17, 15) is 14.4 Å². The standard InChI is InChI=1S/C21H21N3O5S/c1-28-12-11-24-19(26)16-5-3-4-6-17(16)23-21(24)30-13-18(25)22-15-9-7-14(8-10-15)20(27)29-2/h3-10H,11-13H2,1-2H3,(H,22,25). The van der Waals surface area contributed by atoms with Crippen LogP contribution in [0.1, 0.15) is 10.4 Å². The van der Waals surface area contributed by atoms with Crippen LogP contribution in [0.4, 0.5) is 5.69 Å². The lowest BCUT2D eigenvalue weighted by molar-refractivity contribution is -0.113. The molecule has 0 bridgehead atoms. The number of para-hydroxylation sites is 1. The normalized spacial score (nSPS) is 10.7. The molecule has 8 nitrogen and oxygen atoms in total. The van der Waals surface area contributed by atoms with Gasteiger partial charge in [-0.1, -0.05) is 23.9 Å². The van der Waals surface area contributed by atoms with Crippen molar-refractivity contribution in [3.05, 3.63) is 64.4 Å². The third-order valence-corrected chi connectivity index (χ3v) is 5.24. The molecule has 3 aromatic rings. The van der Waals surface area contributed by atoms with Crippen molar-refractivity contribution >= 4 is 40.2 Å². The van der Waals surface area contributed by atoms with Gasteiger partial charge in [0.2, 0.25) is 5.91 Å². The number of amides is 1. The third kappa shape index (κ3) is 5.05. The Morgan fingerprint density at radius 2 is 1.83 bits per heavy atom. The van der Waals surface area contributed by atoms with Gasteiger partial charge in [0.15, 0.2) is 5.16 Å². The number of hydrogen-bond donors (Lipinski definition) is 1. The first-order chi connectivity index (χ1) is 14.5. The number of methoxy groups -OCH3 is 2. The first-order valence-electron chi connectivity index (χ1n) is 9.13. The van der Waals surface area contributed by atoms with Gasteiger partial charge in [-0.3, -0.25) is 14.2 Å². The maximum absolute atomic E-state index is 12.8. The van der Waals surface area contributed by atoms with Crippen molar-refractivity contribution in [3.63, 3.8) is 0 Å². The van der Waals surface area contributed by atoms with Crippen LogP contribution in [0, 0.1) is 0 Å². The van der Waals surface area contributed by atoms with Gasteiger partial charge in [-0.15, -0.1) is 0 Å². The van der Waals surface area contributed by atoms with E-state index < -0.39 is 5.97 Å². The van der Waals surface area contributed by atoms with E-state index in [4.69, 9.17) is 4.74 Å². The summed E-state index contributed by atoms with van der Waals surface area (Å²) in [6.45, 7) is 0.693. The molecule has 0 aliphatic rings. The number of anilines is 1. The maximum atomic E-state index is 12.8. The number of aromatic nitrogens is 2. The number of carbonyl (C=O) groups excluding carboxylic acids is 2. The van der Waals surface area contributed by atoms with Crippen LogP contribution in [0.15, 0.2) is 58.5 Å². The molecule has 30 heavy (non-hydrogen) atoms. The molecule has 0 atom stereocenters. The van der Waals surface area contributed by atoms with E-state index in [2.05, 4.69) is 15.0 Å². The molecule has 0 spiro atoms. The van der Waals surface area contributed by atoms with Gasteiger partial charge in [0.25, 0.3) is 5.56 Å². The Kier molecular flexibility index (Phi) is 7.21. The van der Waals surface area contributed by atoms with Crippen molar-refractivity contribution in [2.24, 2.45) is 0 Å². The minimum atomic E-state index is -0.445. The molecule has 156 valence electrons. The molecule has 0 unspecified atom stereocenters. The molecule has 0 aliphatic carbocycles. The predicted molar refractivity (Wildman–Crippen MR) is 115 cm³/mol. The Labute approximate surface area is 177 Å². The molecule has 9 heteroatoms. The van der Waals surface area contributed by atoms with Crippen molar-refractivity contribution in [1.29, 1.82) is 0 Å². The van der Waals surface area contributed by atoms with E-state index in [1.54, 1.807) is 49.6 Å². The zero-order valence-corrected chi connectivity index (χ0v) is 17.4. The summed E-state index contributed by atoms with van der Waals surface area (Å²) in [7, 11) is 2.87. The second-order valence-electron chi connectivity index (χ2n) is 6.27. The number of nitrogens with one attached hydrogen (secondary N) is 1. The Morgan fingerprint density at radius 1 is 1.10 bits per heavy atom. The van der Waals surface area contributed by atoms with Crippen LogP contribution >= 0.6 is 11.8 Å². The number of nitrogens with zero attached hydrogens (tertiary/aromatic N) is 2. The summed E-state index contributed by atoms with van der Waals surface area (Å²) in [6, 6.07) is 13.5. The van der Waals surface area contributed by atoms with Gasteiger partial charge < -0.3 is 14.8 Å². The van der Waals surface area contributed by atoms with E-state index in [1.165, 1.54) is 23.4 Å². The van der Waals surface area contributed by atoms with Crippen molar-refractivity contribution in [1.82, 2.24) is 9.55 Å². The Morgan fingerprint density at radius 3 is 2.53 bits per heavy atom. The number of benzene rings is 2. The monoisotopic (exact) mass is 427 g/mol. The lowest BCUT2D eigenvalue weighted by Crippen LogP contribution is -2.26. The lowest BCUT2D eigenvalue weighted by Gasteiger charge is -2.12. The average molecular weight is 427 g/mol. The van der Waals surface area contributed by atoms with Crippen LogP contribution in [0.3, 0.4) is 0 Å². The fraction of sp³-hybridized carbons (Fsp3) is 0.238. The number of fused-ring (bicyclic) bond motifs is 1. The largest absolute Gasteiger partial charge is 0.465 e. The number of rotatable bonds is 8.